The molecule has 0 aromatic heterocycles. The topological polar surface area (TPSA) is 9.23 Å². The van der Waals surface area contributed by atoms with Gasteiger partial charge in [-0.05, 0) is 168 Å². The van der Waals surface area contributed by atoms with Crippen LogP contribution in [0.25, 0.3) is 54.9 Å². The highest BCUT2D eigenvalue weighted by Crippen LogP contribution is 2.55. The number of hydrogen-bond acceptors (Lipinski definition) is 1. The van der Waals surface area contributed by atoms with E-state index in [0.717, 1.165) is 17.9 Å². The second-order valence-corrected chi connectivity index (χ2v) is 17.5. The lowest BCUT2D eigenvalue weighted by molar-refractivity contribution is 0.481. The van der Waals surface area contributed by atoms with E-state index >= 15 is 0 Å². The number of rotatable bonds is 4. The van der Waals surface area contributed by atoms with Gasteiger partial charge >= 0.3 is 0 Å². The molecule has 0 saturated carbocycles. The normalized spacial score (nSPS) is 16.8. The average Bonchev–Trinajstić information content (AvgIpc) is 3.95. The molecule has 0 amide bonds. The number of hydrogen-bond donors (Lipinski definition) is 0. The summed E-state index contributed by atoms with van der Waals surface area (Å²) in [4.78, 5) is 0. The SMILES string of the molecule is CC.CC1(c2ccc(Oc3ccc(C4(C)c5ccccc5-c5cc6ccccc6cc54)cc3)cc2)c2ccccc2-c2cc3ccccc3cc21.c1ccc2c(c1)Cc1ccccc1-2. The Hall–Kier alpha value is -7.48. The van der Waals surface area contributed by atoms with E-state index < -0.39 is 0 Å². The van der Waals surface area contributed by atoms with E-state index in [0.29, 0.717) is 0 Å². The smallest absolute Gasteiger partial charge is 0.127 e. The van der Waals surface area contributed by atoms with Crippen molar-refractivity contribution in [1.82, 2.24) is 0 Å². The van der Waals surface area contributed by atoms with Crippen LogP contribution in [0.3, 0.4) is 0 Å². The molecule has 10 aromatic rings. The molecule has 0 N–H and O–H groups in total. The Morgan fingerprint density at radius 2 is 0.641 bits per heavy atom. The fourth-order valence-electron chi connectivity index (χ4n) is 10.9. The third-order valence-corrected chi connectivity index (χ3v) is 14.2. The zero-order valence-corrected chi connectivity index (χ0v) is 36.9. The molecule has 0 fully saturated rings. The van der Waals surface area contributed by atoms with Gasteiger partial charge in [0.25, 0.3) is 0 Å². The summed E-state index contributed by atoms with van der Waals surface area (Å²) in [5, 5.41) is 5.10. The molecule has 2 unspecified atom stereocenters. The zero-order chi connectivity index (χ0) is 43.4. The number of fused-ring (bicyclic) bond motifs is 11. The maximum atomic E-state index is 6.47. The van der Waals surface area contributed by atoms with E-state index in [1.807, 2.05) is 13.8 Å². The van der Waals surface area contributed by atoms with Crippen LogP contribution >= 0.6 is 0 Å². The van der Waals surface area contributed by atoms with Crippen molar-refractivity contribution in [3.05, 3.63) is 263 Å². The summed E-state index contributed by atoms with van der Waals surface area (Å²) in [5.74, 6) is 1.67. The molecule has 64 heavy (non-hydrogen) atoms. The molecule has 1 heteroatoms. The highest BCUT2D eigenvalue weighted by molar-refractivity contribution is 5.96. The van der Waals surface area contributed by atoms with E-state index in [4.69, 9.17) is 4.74 Å². The summed E-state index contributed by atoms with van der Waals surface area (Å²) in [5.41, 5.74) is 18.5. The van der Waals surface area contributed by atoms with Crippen molar-refractivity contribution in [2.24, 2.45) is 0 Å². The molecular weight excluding hydrogens is 773 g/mol. The summed E-state index contributed by atoms with van der Waals surface area (Å²) in [7, 11) is 0. The Bertz CT molecular complexity index is 3150. The lowest BCUT2D eigenvalue weighted by Crippen LogP contribution is -2.22. The van der Waals surface area contributed by atoms with E-state index in [2.05, 4.69) is 232 Å². The first-order valence-electron chi connectivity index (χ1n) is 22.8. The van der Waals surface area contributed by atoms with Crippen LogP contribution < -0.4 is 4.74 Å². The summed E-state index contributed by atoms with van der Waals surface area (Å²) in [6.07, 6.45) is 1.10. The zero-order valence-electron chi connectivity index (χ0n) is 36.9. The van der Waals surface area contributed by atoms with Gasteiger partial charge in [-0.25, -0.2) is 0 Å². The van der Waals surface area contributed by atoms with Gasteiger partial charge in [0.2, 0.25) is 0 Å². The lowest BCUT2D eigenvalue weighted by Gasteiger charge is -2.29. The first kappa shape index (κ1) is 39.4. The van der Waals surface area contributed by atoms with Gasteiger partial charge in [0.15, 0.2) is 0 Å². The van der Waals surface area contributed by atoms with Crippen LogP contribution in [0.5, 0.6) is 11.5 Å². The Balaban J connectivity index is 0.000000258. The molecule has 3 aliphatic carbocycles. The van der Waals surface area contributed by atoms with Crippen molar-refractivity contribution in [2.75, 3.05) is 0 Å². The maximum absolute atomic E-state index is 6.47. The standard InChI is InChI=1S/C48H34O.C13H10.C2H6/c1-47(43-17-9-7-15-39(43)41-27-31-11-3-5-13-33(31)29-45(41)47)35-19-23-37(24-20-35)49-38-25-21-36(22-26-38)48(2)44-18-10-8-16-40(44)42-28-32-12-4-6-14-34(32)30-46(42)48;1-3-7-12-10(5-1)9-11-6-2-4-8-13(11)12;1-2/h3-30H,1-2H3;1-8H,9H2;1-2H3. The van der Waals surface area contributed by atoms with Crippen LogP contribution in [0.1, 0.15) is 72.2 Å². The van der Waals surface area contributed by atoms with Gasteiger partial charge in [-0.2, -0.15) is 0 Å². The van der Waals surface area contributed by atoms with Gasteiger partial charge in [0, 0.05) is 10.8 Å². The molecule has 0 bridgehead atoms. The van der Waals surface area contributed by atoms with Gasteiger partial charge < -0.3 is 4.74 Å². The number of benzene rings is 10. The molecule has 10 aromatic carbocycles. The maximum Gasteiger partial charge on any atom is 0.127 e. The van der Waals surface area contributed by atoms with E-state index in [9.17, 15) is 0 Å². The van der Waals surface area contributed by atoms with E-state index in [1.165, 1.54) is 99.4 Å². The van der Waals surface area contributed by atoms with Crippen molar-refractivity contribution in [3.8, 4) is 44.9 Å². The van der Waals surface area contributed by atoms with Crippen molar-refractivity contribution in [1.29, 1.82) is 0 Å². The minimum atomic E-state index is -0.259. The Kier molecular flexibility index (Phi) is 9.66. The van der Waals surface area contributed by atoms with Crippen LogP contribution in [-0.4, -0.2) is 0 Å². The first-order valence-corrected chi connectivity index (χ1v) is 22.8. The van der Waals surface area contributed by atoms with E-state index in [1.54, 1.807) is 0 Å². The lowest BCUT2D eigenvalue weighted by atomic mass is 9.74. The first-order chi connectivity index (χ1) is 31.5. The third-order valence-electron chi connectivity index (χ3n) is 14.2. The molecule has 0 radical (unpaired) electrons. The highest BCUT2D eigenvalue weighted by atomic mass is 16.5. The summed E-state index contributed by atoms with van der Waals surface area (Å²) in [6.45, 7) is 8.73. The van der Waals surface area contributed by atoms with Crippen molar-refractivity contribution in [3.63, 3.8) is 0 Å². The van der Waals surface area contributed by atoms with Gasteiger partial charge in [-0.15, -0.1) is 0 Å². The highest BCUT2D eigenvalue weighted by Gasteiger charge is 2.42. The fourth-order valence-corrected chi connectivity index (χ4v) is 10.9. The Morgan fingerprint density at radius 1 is 0.312 bits per heavy atom. The molecular formula is C63H50O. The van der Waals surface area contributed by atoms with Gasteiger partial charge in [-0.1, -0.05) is 184 Å². The third kappa shape index (κ3) is 6.21. The minimum Gasteiger partial charge on any atom is -0.457 e. The van der Waals surface area contributed by atoms with Crippen LogP contribution in [0.4, 0.5) is 0 Å². The van der Waals surface area contributed by atoms with Gasteiger partial charge in [-0.3, -0.25) is 0 Å². The van der Waals surface area contributed by atoms with Crippen LogP contribution in [-0.2, 0) is 17.3 Å². The molecule has 13 rings (SSSR count). The fraction of sp³-hybridized carbons (Fsp3) is 0.111. The quantitative estimate of drug-likeness (QED) is 0.172. The van der Waals surface area contributed by atoms with Crippen LogP contribution in [0, 0.1) is 0 Å². The molecule has 0 heterocycles. The van der Waals surface area contributed by atoms with Crippen LogP contribution in [0.2, 0.25) is 0 Å². The molecule has 0 spiro atoms. The Labute approximate surface area is 377 Å². The molecule has 0 saturated heterocycles. The monoisotopic (exact) mass is 822 g/mol. The predicted octanol–water partition coefficient (Wildman–Crippen LogP) is 16.7. The largest absolute Gasteiger partial charge is 0.457 e. The Morgan fingerprint density at radius 3 is 1.05 bits per heavy atom. The van der Waals surface area contributed by atoms with Gasteiger partial charge in [0.1, 0.15) is 11.5 Å². The molecule has 2 atom stereocenters. The molecule has 3 aliphatic rings. The second kappa shape index (κ2) is 15.7. The molecule has 0 aliphatic heterocycles. The minimum absolute atomic E-state index is 0.259. The van der Waals surface area contributed by atoms with E-state index in [-0.39, 0.29) is 10.8 Å². The van der Waals surface area contributed by atoms with Crippen molar-refractivity contribution >= 4 is 21.5 Å². The summed E-state index contributed by atoms with van der Waals surface area (Å²) >= 11 is 0. The predicted molar refractivity (Wildman–Crippen MR) is 269 cm³/mol. The number of ether oxygens (including phenoxy) is 1. The van der Waals surface area contributed by atoms with Gasteiger partial charge in [0.05, 0.1) is 0 Å². The summed E-state index contributed by atoms with van der Waals surface area (Å²) < 4.78 is 6.47. The average molecular weight is 823 g/mol. The summed E-state index contributed by atoms with van der Waals surface area (Å²) in [6, 6.07) is 79.3. The van der Waals surface area contributed by atoms with Crippen molar-refractivity contribution in [2.45, 2.75) is 44.9 Å². The second-order valence-electron chi connectivity index (χ2n) is 17.5. The van der Waals surface area contributed by atoms with Crippen LogP contribution in [0.15, 0.2) is 218 Å². The van der Waals surface area contributed by atoms with Crippen molar-refractivity contribution < 1.29 is 4.74 Å². The molecule has 308 valence electrons. The molecule has 1 nitrogen and oxygen atoms in total.